The van der Waals surface area contributed by atoms with Crippen LogP contribution >= 0.6 is 11.3 Å². The van der Waals surface area contributed by atoms with Crippen molar-refractivity contribution in [3.8, 4) is 17.5 Å². The summed E-state index contributed by atoms with van der Waals surface area (Å²) in [6.07, 6.45) is 1.45. The molecule has 0 saturated carbocycles. The summed E-state index contributed by atoms with van der Waals surface area (Å²) in [6.45, 7) is 3.13. The van der Waals surface area contributed by atoms with E-state index in [1.165, 1.54) is 30.7 Å². The van der Waals surface area contributed by atoms with E-state index in [-0.39, 0.29) is 28.1 Å². The second-order valence-corrected chi connectivity index (χ2v) is 8.37. The number of halogens is 5. The van der Waals surface area contributed by atoms with E-state index in [0.29, 0.717) is 10.4 Å². The minimum absolute atomic E-state index is 0.0622. The zero-order valence-electron chi connectivity index (χ0n) is 17.8. The molecule has 0 fully saturated rings. The lowest BCUT2D eigenvalue weighted by Gasteiger charge is -2.26. The van der Waals surface area contributed by atoms with Gasteiger partial charge in [0.2, 0.25) is 5.82 Å². The molecule has 0 radical (unpaired) electrons. The predicted octanol–water partition coefficient (Wildman–Crippen LogP) is 4.61. The van der Waals surface area contributed by atoms with Gasteiger partial charge in [-0.1, -0.05) is 0 Å². The average molecular weight is 492 g/mol. The topological polar surface area (TPSA) is 79.0 Å². The zero-order chi connectivity index (χ0) is 25.1. The lowest BCUT2D eigenvalue weighted by molar-refractivity contribution is -0.140. The minimum Gasteiger partial charge on any atom is -0.326 e. The predicted molar refractivity (Wildman–Crippen MR) is 113 cm³/mol. The summed E-state index contributed by atoms with van der Waals surface area (Å²) in [7, 11) is 1.34. The number of aryl methyl sites for hydroxylation is 1. The summed E-state index contributed by atoms with van der Waals surface area (Å²) >= 11 is 0.990. The molecule has 3 aromatic rings. The van der Waals surface area contributed by atoms with Gasteiger partial charge in [0.05, 0.1) is 11.1 Å². The number of amides is 2. The van der Waals surface area contributed by atoms with Crippen LogP contribution in [-0.4, -0.2) is 32.8 Å². The smallest absolute Gasteiger partial charge is 0.271 e. The van der Waals surface area contributed by atoms with Crippen molar-refractivity contribution in [1.82, 2.24) is 14.5 Å². The van der Waals surface area contributed by atoms with Gasteiger partial charge in [-0.15, -0.1) is 11.3 Å². The van der Waals surface area contributed by atoms with E-state index in [2.05, 4.69) is 4.98 Å². The number of nitrogens with zero attached hydrogens (tertiary/aromatic N) is 4. The first-order valence-electron chi connectivity index (χ1n) is 9.70. The molecule has 0 bridgehead atoms. The number of imidazole rings is 1. The van der Waals surface area contributed by atoms with Crippen LogP contribution in [0.25, 0.3) is 27.8 Å². The normalized spacial score (nSPS) is 15.7. The first-order valence-corrected chi connectivity index (χ1v) is 10.5. The number of likely N-dealkylation sites (N-methyl/N-ethyl adjacent to an activating group) is 1. The molecule has 0 N–H and O–H groups in total. The zero-order valence-corrected chi connectivity index (χ0v) is 18.6. The van der Waals surface area contributed by atoms with Crippen molar-refractivity contribution in [2.75, 3.05) is 6.54 Å². The maximum absolute atomic E-state index is 14.3. The first kappa shape index (κ1) is 23.3. The van der Waals surface area contributed by atoms with Gasteiger partial charge in [-0.05, 0) is 31.6 Å². The Morgan fingerprint density at radius 1 is 1.06 bits per heavy atom. The van der Waals surface area contributed by atoms with Crippen LogP contribution in [0, 0.1) is 40.4 Å². The van der Waals surface area contributed by atoms with Gasteiger partial charge in [0.1, 0.15) is 22.3 Å². The van der Waals surface area contributed by atoms with Crippen molar-refractivity contribution < 1.29 is 31.5 Å². The van der Waals surface area contributed by atoms with Crippen LogP contribution in [0.15, 0.2) is 22.8 Å². The maximum Gasteiger partial charge on any atom is 0.271 e. The molecule has 174 valence electrons. The Bertz CT molecular complexity index is 1500. The lowest BCUT2D eigenvalue weighted by atomic mass is 9.95. The molecule has 0 saturated heterocycles. The van der Waals surface area contributed by atoms with Crippen LogP contribution in [0.2, 0.25) is 0 Å². The van der Waals surface area contributed by atoms with Crippen molar-refractivity contribution in [2.24, 2.45) is 7.05 Å². The highest BCUT2D eigenvalue weighted by molar-refractivity contribution is 7.19. The van der Waals surface area contributed by atoms with Crippen LogP contribution in [0.1, 0.15) is 18.7 Å². The Morgan fingerprint density at radius 3 is 2.18 bits per heavy atom. The second-order valence-electron chi connectivity index (χ2n) is 7.30. The van der Waals surface area contributed by atoms with E-state index in [1.807, 2.05) is 6.07 Å². The quantitative estimate of drug-likeness (QED) is 0.176. The van der Waals surface area contributed by atoms with E-state index < -0.39 is 52.3 Å². The lowest BCUT2D eigenvalue weighted by Crippen LogP contribution is -2.42. The molecular weight excluding hydrogens is 479 g/mol. The molecule has 1 aliphatic rings. The van der Waals surface area contributed by atoms with Crippen LogP contribution < -0.4 is 0 Å². The number of benzene rings is 1. The standard InChI is InChI=1S/C22H13F5N4O2S/c1-4-31-21(32)10(8(2)11(7-28)22(31)33)5-9-6-12-20(34-9)29-19(30(12)3)13-14(23)16(25)18(27)17(26)15(13)24/h5-6H,4H2,1-3H3/b10-5-. The van der Waals surface area contributed by atoms with E-state index in [4.69, 9.17) is 0 Å². The number of rotatable bonds is 3. The molecule has 0 unspecified atom stereocenters. The monoisotopic (exact) mass is 492 g/mol. The summed E-state index contributed by atoms with van der Waals surface area (Å²) in [5.41, 5.74) is -0.691. The summed E-state index contributed by atoms with van der Waals surface area (Å²) in [5.74, 6) is -12.2. The van der Waals surface area contributed by atoms with E-state index in [1.54, 1.807) is 6.92 Å². The Morgan fingerprint density at radius 2 is 1.65 bits per heavy atom. The highest BCUT2D eigenvalue weighted by Gasteiger charge is 2.35. The number of carbonyl (C=O) groups excluding carboxylic acids is 2. The van der Waals surface area contributed by atoms with Gasteiger partial charge in [-0.2, -0.15) is 5.26 Å². The van der Waals surface area contributed by atoms with Crippen molar-refractivity contribution in [1.29, 1.82) is 5.26 Å². The fraction of sp³-hybridized carbons (Fsp3) is 0.182. The number of aromatic nitrogens is 2. The number of carbonyl (C=O) groups is 2. The third-order valence-electron chi connectivity index (χ3n) is 5.46. The van der Waals surface area contributed by atoms with Crippen LogP contribution in [0.4, 0.5) is 22.0 Å². The Balaban J connectivity index is 1.86. The number of fused-ring (bicyclic) bond motifs is 1. The average Bonchev–Trinajstić information content (AvgIpc) is 3.33. The summed E-state index contributed by atoms with van der Waals surface area (Å²) < 4.78 is 70.4. The summed E-state index contributed by atoms with van der Waals surface area (Å²) in [4.78, 5) is 30.7. The molecule has 6 nitrogen and oxygen atoms in total. The highest BCUT2D eigenvalue weighted by atomic mass is 32.1. The van der Waals surface area contributed by atoms with Gasteiger partial charge in [-0.3, -0.25) is 14.5 Å². The fourth-order valence-electron chi connectivity index (χ4n) is 3.65. The molecule has 1 aromatic carbocycles. The molecule has 12 heteroatoms. The van der Waals surface area contributed by atoms with Gasteiger partial charge in [0.25, 0.3) is 11.8 Å². The first-order chi connectivity index (χ1) is 16.0. The van der Waals surface area contributed by atoms with Gasteiger partial charge in [0.15, 0.2) is 23.3 Å². The highest BCUT2D eigenvalue weighted by Crippen LogP contribution is 2.36. The van der Waals surface area contributed by atoms with Crippen molar-refractivity contribution in [3.63, 3.8) is 0 Å². The molecule has 4 rings (SSSR count). The van der Waals surface area contributed by atoms with E-state index in [0.717, 1.165) is 16.2 Å². The molecule has 1 aliphatic heterocycles. The molecule has 2 aromatic heterocycles. The second kappa shape index (κ2) is 8.18. The molecule has 3 heterocycles. The third-order valence-corrected chi connectivity index (χ3v) is 6.43. The van der Waals surface area contributed by atoms with Gasteiger partial charge in [-0.25, -0.2) is 26.9 Å². The maximum atomic E-state index is 14.3. The van der Waals surface area contributed by atoms with Crippen molar-refractivity contribution in [3.05, 3.63) is 56.7 Å². The molecule has 34 heavy (non-hydrogen) atoms. The van der Waals surface area contributed by atoms with Crippen LogP contribution in [0.3, 0.4) is 0 Å². The molecule has 0 spiro atoms. The largest absolute Gasteiger partial charge is 0.326 e. The number of nitriles is 1. The van der Waals surface area contributed by atoms with Gasteiger partial charge >= 0.3 is 0 Å². The Labute approximate surface area is 192 Å². The summed E-state index contributed by atoms with van der Waals surface area (Å²) in [5, 5.41) is 9.33. The van der Waals surface area contributed by atoms with Crippen LogP contribution in [0.5, 0.6) is 0 Å². The molecule has 0 atom stereocenters. The third kappa shape index (κ3) is 3.23. The van der Waals surface area contributed by atoms with Gasteiger partial charge < -0.3 is 4.57 Å². The van der Waals surface area contributed by atoms with E-state index in [9.17, 15) is 36.8 Å². The fourth-order valence-corrected chi connectivity index (χ4v) is 4.65. The Hall–Kier alpha value is -3.85. The van der Waals surface area contributed by atoms with E-state index >= 15 is 0 Å². The Kier molecular flexibility index (Phi) is 5.61. The number of imide groups is 1. The minimum atomic E-state index is -2.26. The van der Waals surface area contributed by atoms with Crippen LogP contribution in [-0.2, 0) is 16.6 Å². The van der Waals surface area contributed by atoms with Crippen molar-refractivity contribution >= 4 is 39.6 Å². The molecular formula is C22H13F5N4O2S. The SMILES string of the molecule is CCN1C(=O)C(C#N)=C(C)/C(=C/c2cc3c(nc(-c4c(F)c(F)c(F)c(F)c4F)n3C)s2)C1=O. The number of hydrogen-bond donors (Lipinski definition) is 0. The summed E-state index contributed by atoms with van der Waals surface area (Å²) in [6, 6.07) is 3.32. The molecule has 0 aliphatic carbocycles. The number of thiophene rings is 1. The number of hydrogen-bond acceptors (Lipinski definition) is 5. The van der Waals surface area contributed by atoms with Gasteiger partial charge in [0, 0.05) is 24.0 Å². The molecule has 2 amide bonds. The van der Waals surface area contributed by atoms with Crippen molar-refractivity contribution in [2.45, 2.75) is 13.8 Å².